The summed E-state index contributed by atoms with van der Waals surface area (Å²) in [6, 6.07) is 10.6. The Bertz CT molecular complexity index is 1720. The van der Waals surface area contributed by atoms with E-state index in [1.165, 1.54) is 37.5 Å². The maximum Gasteiger partial charge on any atom is 0.429 e. The Morgan fingerprint density at radius 2 is 1.29 bits per heavy atom. The molecule has 0 fully saturated rings. The second-order valence-electron chi connectivity index (χ2n) is 9.16. The Kier molecular flexibility index (Phi) is 9.52. The summed E-state index contributed by atoms with van der Waals surface area (Å²) in [5.41, 5.74) is 2.83. The first-order valence-corrected chi connectivity index (χ1v) is 14.4. The van der Waals surface area contributed by atoms with Crippen LogP contribution in [0.15, 0.2) is 95.0 Å². The predicted octanol–water partition coefficient (Wildman–Crippen LogP) is 10.7. The minimum Gasteiger partial charge on any atom is -0.429 e. The number of ether oxygens (including phenoxy) is 1. The van der Waals surface area contributed by atoms with E-state index in [1.54, 1.807) is 6.08 Å². The third-order valence-electron chi connectivity index (χ3n) is 6.01. The SMILES string of the molecule is C=N/C=C/Cc1ccc(C(F)(F)Oc2ccc(-c3ccc(-c4cc(F)c(S(F)(F)(F)(F)F)c(F)c4)c(F)c3)cc2)c(F)c1.CN. The van der Waals surface area contributed by atoms with Crippen LogP contribution in [0.4, 0.5) is 45.8 Å². The molecule has 0 heterocycles. The number of hydrogen-bond donors (Lipinski definition) is 1. The highest BCUT2D eigenvalue weighted by Crippen LogP contribution is 3.02. The number of halogens is 11. The van der Waals surface area contributed by atoms with Crippen molar-refractivity contribution in [3.8, 4) is 28.0 Å². The van der Waals surface area contributed by atoms with E-state index in [9.17, 15) is 45.8 Å². The number of alkyl halides is 2. The lowest BCUT2D eigenvalue weighted by Crippen LogP contribution is -2.23. The molecule has 0 aliphatic rings. The standard InChI is InChI=1S/C29H18F11NOS.CH5N/c1-41-12-2-3-17-4-11-23(25(31)13-17)29(34,35)42-21-8-5-18(6-9-21)19-7-10-22(24(30)14-19)20-15-26(32)28(27(33)16-20)43(36,37,38,39)40;1-2/h2,4-16H,1,3H2;2H2,1H3/b12-2+;. The van der Waals surface area contributed by atoms with Gasteiger partial charge in [-0.1, -0.05) is 55.8 Å². The van der Waals surface area contributed by atoms with E-state index in [0.717, 1.165) is 36.4 Å². The van der Waals surface area contributed by atoms with Crippen LogP contribution >= 0.6 is 10.2 Å². The largest absolute Gasteiger partial charge is 0.429 e. The van der Waals surface area contributed by atoms with E-state index >= 15 is 0 Å². The highest BCUT2D eigenvalue weighted by Gasteiger charge is 2.68. The van der Waals surface area contributed by atoms with E-state index in [0.29, 0.717) is 5.56 Å². The molecule has 2 N–H and O–H groups in total. The topological polar surface area (TPSA) is 47.6 Å². The summed E-state index contributed by atoms with van der Waals surface area (Å²) in [5, 5.41) is 0. The molecular weight excluding hydrogens is 645 g/mol. The van der Waals surface area contributed by atoms with Gasteiger partial charge < -0.3 is 10.5 Å². The van der Waals surface area contributed by atoms with Crippen LogP contribution in [0.1, 0.15) is 11.1 Å². The summed E-state index contributed by atoms with van der Waals surface area (Å²) >= 11 is 0. The van der Waals surface area contributed by atoms with Gasteiger partial charge in [-0.25, -0.2) is 17.6 Å². The number of benzene rings is 4. The molecule has 0 spiro atoms. The molecule has 0 aliphatic heterocycles. The molecule has 45 heavy (non-hydrogen) atoms. The minimum atomic E-state index is -10.7. The molecule has 0 atom stereocenters. The third kappa shape index (κ3) is 8.42. The van der Waals surface area contributed by atoms with Crippen LogP contribution in [0, 0.1) is 23.3 Å². The molecule has 0 saturated carbocycles. The van der Waals surface area contributed by atoms with Crippen molar-refractivity contribution >= 4 is 16.9 Å². The van der Waals surface area contributed by atoms with Crippen molar-refractivity contribution in [3.63, 3.8) is 0 Å². The Hall–Kier alpha value is -4.37. The molecule has 0 unspecified atom stereocenters. The van der Waals surface area contributed by atoms with Gasteiger partial charge in [-0.05, 0) is 84.9 Å². The molecule has 0 amide bonds. The van der Waals surface area contributed by atoms with Gasteiger partial charge in [0.1, 0.15) is 29.0 Å². The number of hydrogen-bond acceptors (Lipinski definition) is 3. The van der Waals surface area contributed by atoms with Gasteiger partial charge in [0.25, 0.3) is 0 Å². The molecule has 0 aromatic heterocycles. The minimum absolute atomic E-state index is 0.0610. The highest BCUT2D eigenvalue weighted by atomic mass is 32.5. The van der Waals surface area contributed by atoms with Gasteiger partial charge in [0.05, 0.1) is 5.56 Å². The van der Waals surface area contributed by atoms with Crippen LogP contribution in [-0.2, 0) is 12.5 Å². The Balaban J connectivity index is 0.00000271. The maximum absolute atomic E-state index is 14.8. The molecule has 0 saturated heterocycles. The van der Waals surface area contributed by atoms with E-state index in [1.807, 2.05) is 0 Å². The van der Waals surface area contributed by atoms with E-state index < -0.39 is 61.2 Å². The molecule has 0 radical (unpaired) electrons. The zero-order valence-corrected chi connectivity index (χ0v) is 23.8. The molecule has 3 nitrogen and oxygen atoms in total. The average Bonchev–Trinajstić information content (AvgIpc) is 2.92. The van der Waals surface area contributed by atoms with Gasteiger partial charge in [0, 0.05) is 11.8 Å². The zero-order chi connectivity index (χ0) is 33.9. The second kappa shape index (κ2) is 12.2. The quantitative estimate of drug-likeness (QED) is 0.143. The van der Waals surface area contributed by atoms with Crippen LogP contribution in [-0.4, -0.2) is 13.8 Å². The van der Waals surface area contributed by atoms with Crippen LogP contribution < -0.4 is 10.5 Å². The van der Waals surface area contributed by atoms with Crippen molar-refractivity contribution in [2.45, 2.75) is 17.4 Å². The number of allylic oxidation sites excluding steroid dienone is 1. The van der Waals surface area contributed by atoms with E-state index in [-0.39, 0.29) is 35.4 Å². The lowest BCUT2D eigenvalue weighted by atomic mass is 9.99. The first-order chi connectivity index (χ1) is 20.8. The fourth-order valence-electron chi connectivity index (χ4n) is 4.12. The Morgan fingerprint density at radius 1 is 0.733 bits per heavy atom. The van der Waals surface area contributed by atoms with Crippen LogP contribution in [0.5, 0.6) is 5.75 Å². The van der Waals surface area contributed by atoms with Gasteiger partial charge in [-0.3, -0.25) is 4.99 Å². The van der Waals surface area contributed by atoms with Crippen LogP contribution in [0.2, 0.25) is 0 Å². The predicted molar refractivity (Wildman–Crippen MR) is 152 cm³/mol. The number of nitrogens with two attached hydrogens (primary N) is 1. The summed E-state index contributed by atoms with van der Waals surface area (Å²) < 4.78 is 156. The molecule has 4 aromatic rings. The average molecular weight is 669 g/mol. The normalized spacial score (nSPS) is 13.4. The Labute approximate surface area is 250 Å². The third-order valence-corrected chi connectivity index (χ3v) is 7.17. The summed E-state index contributed by atoms with van der Waals surface area (Å²) in [6.45, 7) is 3.24. The molecule has 242 valence electrons. The summed E-state index contributed by atoms with van der Waals surface area (Å²) in [7, 11) is -9.21. The van der Waals surface area contributed by atoms with Gasteiger partial charge in [-0.2, -0.15) is 8.78 Å². The number of nitrogens with zero attached hydrogens (tertiary/aromatic N) is 1. The van der Waals surface area contributed by atoms with Crippen molar-refractivity contribution in [2.24, 2.45) is 10.7 Å². The first-order valence-electron chi connectivity index (χ1n) is 12.5. The zero-order valence-electron chi connectivity index (χ0n) is 23.0. The second-order valence-corrected chi connectivity index (χ2v) is 11.5. The summed E-state index contributed by atoms with van der Waals surface area (Å²) in [6.07, 6.45) is -0.933. The van der Waals surface area contributed by atoms with Gasteiger partial charge in [0.2, 0.25) is 0 Å². The van der Waals surface area contributed by atoms with Crippen molar-refractivity contribution in [1.29, 1.82) is 0 Å². The fourth-order valence-corrected chi connectivity index (χ4v) is 4.97. The van der Waals surface area contributed by atoms with Crippen molar-refractivity contribution in [2.75, 3.05) is 7.05 Å². The Morgan fingerprint density at radius 3 is 1.80 bits per heavy atom. The van der Waals surface area contributed by atoms with Crippen molar-refractivity contribution in [1.82, 2.24) is 0 Å². The molecule has 15 heteroatoms. The monoisotopic (exact) mass is 668 g/mol. The molecule has 4 rings (SSSR count). The molecule has 4 aromatic carbocycles. The lowest BCUT2D eigenvalue weighted by molar-refractivity contribution is -0.187. The summed E-state index contributed by atoms with van der Waals surface area (Å²) in [5.74, 6) is -8.00. The lowest BCUT2D eigenvalue weighted by Gasteiger charge is -2.40. The highest BCUT2D eigenvalue weighted by molar-refractivity contribution is 8.45. The van der Waals surface area contributed by atoms with Crippen LogP contribution in [0.25, 0.3) is 22.3 Å². The number of rotatable bonds is 9. The molecular formula is C30H23F11N2OS. The van der Waals surface area contributed by atoms with Gasteiger partial charge in [0.15, 0.2) is 4.90 Å². The van der Waals surface area contributed by atoms with Crippen LogP contribution in [0.3, 0.4) is 0 Å². The smallest absolute Gasteiger partial charge is 0.429 e. The summed E-state index contributed by atoms with van der Waals surface area (Å²) in [4.78, 5) is 0.152. The fraction of sp³-hybridized carbons (Fsp3) is 0.100. The van der Waals surface area contributed by atoms with Crippen molar-refractivity contribution in [3.05, 3.63) is 119 Å². The van der Waals surface area contributed by atoms with Gasteiger partial charge in [-0.15, -0.1) is 0 Å². The van der Waals surface area contributed by atoms with Gasteiger partial charge >= 0.3 is 16.3 Å². The maximum atomic E-state index is 14.8. The van der Waals surface area contributed by atoms with E-state index in [4.69, 9.17) is 0 Å². The molecule has 0 aliphatic carbocycles. The van der Waals surface area contributed by atoms with E-state index in [2.05, 4.69) is 22.2 Å². The van der Waals surface area contributed by atoms with Crippen molar-refractivity contribution < 1.29 is 50.5 Å². The first kappa shape index (κ1) is 35.1. The molecule has 0 bridgehead atoms. The number of aliphatic imine (C=N–C) groups is 1.